The number of hydrogen-bond acceptors (Lipinski definition) is 4. The molecule has 0 unspecified atom stereocenters. The lowest BCUT2D eigenvalue weighted by molar-refractivity contribution is -0.131. The zero-order chi connectivity index (χ0) is 19.3. The number of para-hydroxylation sites is 1. The van der Waals surface area contributed by atoms with Gasteiger partial charge in [-0.25, -0.2) is 8.42 Å². The third-order valence-corrected chi connectivity index (χ3v) is 5.84. The molecule has 0 aliphatic carbocycles. The molecule has 7 heteroatoms. The number of carbonyl (C=O) groups excluding carboxylic acids is 1. The summed E-state index contributed by atoms with van der Waals surface area (Å²) in [6, 6.07) is 19.0. The van der Waals surface area contributed by atoms with Gasteiger partial charge in [-0.15, -0.1) is 0 Å². The summed E-state index contributed by atoms with van der Waals surface area (Å²) in [4.78, 5) is 16.8. The highest BCUT2D eigenvalue weighted by molar-refractivity contribution is 7.92. The Morgan fingerprint density at radius 3 is 2.04 bits per heavy atom. The normalized spacial score (nSPS) is 15.5. The minimum absolute atomic E-state index is 0.163. The minimum Gasteiger partial charge on any atom is -0.339 e. The van der Waals surface area contributed by atoms with E-state index in [2.05, 4.69) is 17.0 Å². The van der Waals surface area contributed by atoms with E-state index >= 15 is 0 Å². The van der Waals surface area contributed by atoms with Crippen molar-refractivity contribution in [1.29, 1.82) is 0 Å². The molecule has 144 valence electrons. The number of benzene rings is 2. The molecule has 1 saturated heterocycles. The standard InChI is InChI=1S/C20H25N3O3S/c1-27(25,26)23(19-10-6-3-7-11-19)17-20(24)22-14-12-21(13-15-22)16-18-8-4-2-5-9-18/h2-11H,12-17H2,1H3. The number of hydrogen-bond donors (Lipinski definition) is 0. The number of amides is 1. The van der Waals surface area contributed by atoms with Gasteiger partial charge in [0.2, 0.25) is 15.9 Å². The van der Waals surface area contributed by atoms with E-state index in [0.717, 1.165) is 25.9 Å². The number of nitrogens with zero attached hydrogens (tertiary/aromatic N) is 3. The molecule has 0 bridgehead atoms. The fourth-order valence-corrected chi connectivity index (χ4v) is 4.06. The molecule has 6 nitrogen and oxygen atoms in total. The van der Waals surface area contributed by atoms with Gasteiger partial charge < -0.3 is 4.90 Å². The van der Waals surface area contributed by atoms with Crippen LogP contribution in [0.5, 0.6) is 0 Å². The van der Waals surface area contributed by atoms with Crippen LogP contribution in [0.3, 0.4) is 0 Å². The average Bonchev–Trinajstić information content (AvgIpc) is 2.67. The van der Waals surface area contributed by atoms with Crippen molar-refractivity contribution in [3.8, 4) is 0 Å². The molecule has 0 N–H and O–H groups in total. The fraction of sp³-hybridized carbons (Fsp3) is 0.350. The first-order valence-electron chi connectivity index (χ1n) is 9.00. The summed E-state index contributed by atoms with van der Waals surface area (Å²) in [7, 11) is -3.53. The van der Waals surface area contributed by atoms with Crippen molar-refractivity contribution in [2.24, 2.45) is 0 Å². The van der Waals surface area contributed by atoms with Crippen LogP contribution in [0.2, 0.25) is 0 Å². The quantitative estimate of drug-likeness (QED) is 0.758. The Morgan fingerprint density at radius 1 is 0.926 bits per heavy atom. The topological polar surface area (TPSA) is 60.9 Å². The lowest BCUT2D eigenvalue weighted by atomic mass is 10.2. The van der Waals surface area contributed by atoms with Crippen LogP contribution in [0, 0.1) is 0 Å². The summed E-state index contributed by atoms with van der Waals surface area (Å²) in [6.07, 6.45) is 1.13. The van der Waals surface area contributed by atoms with Gasteiger partial charge in [-0.1, -0.05) is 48.5 Å². The highest BCUT2D eigenvalue weighted by Crippen LogP contribution is 2.17. The van der Waals surface area contributed by atoms with E-state index in [-0.39, 0.29) is 12.5 Å². The Balaban J connectivity index is 1.58. The van der Waals surface area contributed by atoms with E-state index in [0.29, 0.717) is 18.8 Å². The van der Waals surface area contributed by atoms with Crippen LogP contribution < -0.4 is 4.31 Å². The molecule has 0 aromatic heterocycles. The van der Waals surface area contributed by atoms with Crippen LogP contribution in [-0.2, 0) is 21.4 Å². The second-order valence-corrected chi connectivity index (χ2v) is 8.65. The molecule has 3 rings (SSSR count). The maximum atomic E-state index is 12.7. The minimum atomic E-state index is -3.53. The summed E-state index contributed by atoms with van der Waals surface area (Å²) < 4.78 is 25.5. The van der Waals surface area contributed by atoms with E-state index in [9.17, 15) is 13.2 Å². The largest absolute Gasteiger partial charge is 0.339 e. The summed E-state index contributed by atoms with van der Waals surface area (Å²) >= 11 is 0. The van der Waals surface area contributed by atoms with Gasteiger partial charge in [-0.2, -0.15) is 0 Å². The Kier molecular flexibility index (Phi) is 6.13. The summed E-state index contributed by atoms with van der Waals surface area (Å²) in [5.41, 5.74) is 1.76. The van der Waals surface area contributed by atoms with Gasteiger partial charge in [-0.3, -0.25) is 14.0 Å². The molecule has 0 spiro atoms. The number of anilines is 1. The first kappa shape index (κ1) is 19.4. The van der Waals surface area contributed by atoms with Crippen molar-refractivity contribution in [2.75, 3.05) is 43.3 Å². The number of sulfonamides is 1. The molecule has 0 radical (unpaired) electrons. The third-order valence-electron chi connectivity index (χ3n) is 4.70. The molecule has 1 aliphatic rings. The van der Waals surface area contributed by atoms with Crippen LogP contribution in [-0.4, -0.2) is 63.1 Å². The van der Waals surface area contributed by atoms with Crippen molar-refractivity contribution in [1.82, 2.24) is 9.80 Å². The van der Waals surface area contributed by atoms with E-state index in [1.54, 1.807) is 29.2 Å². The van der Waals surface area contributed by atoms with Crippen LogP contribution in [0.4, 0.5) is 5.69 Å². The maximum absolute atomic E-state index is 12.7. The van der Waals surface area contributed by atoms with Gasteiger partial charge >= 0.3 is 0 Å². The second kappa shape index (κ2) is 8.54. The van der Waals surface area contributed by atoms with E-state index in [1.807, 2.05) is 24.3 Å². The smallest absolute Gasteiger partial charge is 0.243 e. The zero-order valence-corrected chi connectivity index (χ0v) is 16.3. The summed E-state index contributed by atoms with van der Waals surface area (Å²) in [5, 5.41) is 0. The SMILES string of the molecule is CS(=O)(=O)N(CC(=O)N1CCN(Cc2ccccc2)CC1)c1ccccc1. The highest BCUT2D eigenvalue weighted by Gasteiger charge is 2.26. The molecule has 0 saturated carbocycles. The Morgan fingerprint density at radius 2 is 1.48 bits per heavy atom. The second-order valence-electron chi connectivity index (χ2n) is 6.75. The summed E-state index contributed by atoms with van der Waals surface area (Å²) in [6.45, 7) is 3.48. The number of piperazine rings is 1. The van der Waals surface area contributed by atoms with Gasteiger partial charge in [0, 0.05) is 32.7 Å². The molecule has 2 aromatic rings. The predicted octanol–water partition coefficient (Wildman–Crippen LogP) is 1.80. The van der Waals surface area contributed by atoms with Crippen LogP contribution in [0.1, 0.15) is 5.56 Å². The van der Waals surface area contributed by atoms with Crippen LogP contribution in [0.15, 0.2) is 60.7 Å². The molecule has 27 heavy (non-hydrogen) atoms. The van der Waals surface area contributed by atoms with Crippen molar-refractivity contribution in [3.63, 3.8) is 0 Å². The molecular weight excluding hydrogens is 362 g/mol. The van der Waals surface area contributed by atoms with Gasteiger partial charge in [0.25, 0.3) is 0 Å². The predicted molar refractivity (Wildman–Crippen MR) is 107 cm³/mol. The van der Waals surface area contributed by atoms with Gasteiger partial charge in [0.1, 0.15) is 6.54 Å². The molecule has 1 aliphatic heterocycles. The molecular formula is C20H25N3O3S. The lowest BCUT2D eigenvalue weighted by Crippen LogP contribution is -2.51. The Labute approximate surface area is 161 Å². The lowest BCUT2D eigenvalue weighted by Gasteiger charge is -2.35. The van der Waals surface area contributed by atoms with Gasteiger partial charge in [0.15, 0.2) is 0 Å². The maximum Gasteiger partial charge on any atom is 0.243 e. The van der Waals surface area contributed by atoms with Gasteiger partial charge in [-0.05, 0) is 17.7 Å². The first-order valence-corrected chi connectivity index (χ1v) is 10.8. The third kappa shape index (κ3) is 5.30. The first-order chi connectivity index (χ1) is 12.9. The van der Waals surface area contributed by atoms with Gasteiger partial charge in [0.05, 0.1) is 11.9 Å². The molecule has 1 heterocycles. The number of carbonyl (C=O) groups is 1. The average molecular weight is 388 g/mol. The van der Waals surface area contributed by atoms with Crippen LogP contribution >= 0.6 is 0 Å². The van der Waals surface area contributed by atoms with Crippen molar-refractivity contribution in [2.45, 2.75) is 6.54 Å². The van der Waals surface area contributed by atoms with Crippen molar-refractivity contribution >= 4 is 21.6 Å². The zero-order valence-electron chi connectivity index (χ0n) is 15.5. The van der Waals surface area contributed by atoms with E-state index in [4.69, 9.17) is 0 Å². The molecule has 1 fully saturated rings. The van der Waals surface area contributed by atoms with Crippen molar-refractivity contribution in [3.05, 3.63) is 66.2 Å². The molecule has 0 atom stereocenters. The fourth-order valence-electron chi connectivity index (χ4n) is 3.21. The molecule has 2 aromatic carbocycles. The monoisotopic (exact) mass is 387 g/mol. The Hall–Kier alpha value is -2.38. The van der Waals surface area contributed by atoms with E-state index in [1.165, 1.54) is 9.87 Å². The van der Waals surface area contributed by atoms with Crippen LogP contribution in [0.25, 0.3) is 0 Å². The molecule has 1 amide bonds. The van der Waals surface area contributed by atoms with Crippen molar-refractivity contribution < 1.29 is 13.2 Å². The number of rotatable bonds is 6. The summed E-state index contributed by atoms with van der Waals surface area (Å²) in [5.74, 6) is -0.163. The highest BCUT2D eigenvalue weighted by atomic mass is 32.2. The van der Waals surface area contributed by atoms with E-state index < -0.39 is 10.0 Å². The Bertz CT molecular complexity index is 849.